The maximum Gasteiger partial charge on any atom is 0.0426 e. The van der Waals surface area contributed by atoms with Crippen LogP contribution in [0.25, 0.3) is 0 Å². The van der Waals surface area contributed by atoms with Gasteiger partial charge in [-0.2, -0.15) is 0 Å². The van der Waals surface area contributed by atoms with E-state index in [1.54, 1.807) is 11.3 Å². The fourth-order valence-corrected chi connectivity index (χ4v) is 1.37. The number of anilines is 1. The molecule has 50 valence electrons. The highest BCUT2D eigenvalue weighted by atomic mass is 32.1. The average molecular weight is 142 g/mol. The van der Waals surface area contributed by atoms with E-state index in [4.69, 9.17) is 11.5 Å². The molecule has 1 aromatic rings. The summed E-state index contributed by atoms with van der Waals surface area (Å²) in [5.74, 6) is 0. The lowest BCUT2D eigenvalue weighted by molar-refractivity contribution is 0.839. The van der Waals surface area contributed by atoms with Crippen LogP contribution in [-0.2, 0) is 0 Å². The summed E-state index contributed by atoms with van der Waals surface area (Å²) in [5, 5.41) is 1.90. The summed E-state index contributed by atoms with van der Waals surface area (Å²) >= 11 is 1.61. The minimum Gasteiger partial charge on any atom is -0.398 e. The number of nitrogens with two attached hydrogens (primary N) is 2. The minimum absolute atomic E-state index is 0.118. The van der Waals surface area contributed by atoms with E-state index in [0.717, 1.165) is 10.6 Å². The smallest absolute Gasteiger partial charge is 0.0426 e. The van der Waals surface area contributed by atoms with Crippen molar-refractivity contribution in [2.75, 3.05) is 5.73 Å². The van der Waals surface area contributed by atoms with E-state index < -0.39 is 0 Å². The molecule has 9 heavy (non-hydrogen) atoms. The van der Waals surface area contributed by atoms with Crippen molar-refractivity contribution in [3.63, 3.8) is 0 Å². The molecule has 0 aliphatic rings. The van der Waals surface area contributed by atoms with Crippen LogP contribution in [0.3, 0.4) is 0 Å². The molecule has 1 atom stereocenters. The first kappa shape index (κ1) is 6.58. The second kappa shape index (κ2) is 2.37. The molecule has 0 aliphatic heterocycles. The molecule has 1 unspecified atom stereocenters. The Bertz CT molecular complexity index is 193. The molecule has 0 saturated heterocycles. The third kappa shape index (κ3) is 1.43. The molecule has 3 heteroatoms. The largest absolute Gasteiger partial charge is 0.398 e. The monoisotopic (exact) mass is 142 g/mol. The number of rotatable bonds is 1. The maximum atomic E-state index is 5.58. The van der Waals surface area contributed by atoms with Crippen LogP contribution in [0.5, 0.6) is 0 Å². The van der Waals surface area contributed by atoms with Gasteiger partial charge in [-0.05, 0) is 13.0 Å². The lowest BCUT2D eigenvalue weighted by atomic mass is 10.3. The zero-order valence-corrected chi connectivity index (χ0v) is 6.11. The fraction of sp³-hybridized carbons (Fsp3) is 0.333. The molecule has 2 nitrogen and oxygen atoms in total. The third-order valence-corrected chi connectivity index (χ3v) is 2.24. The summed E-state index contributed by atoms with van der Waals surface area (Å²) in [7, 11) is 0. The minimum atomic E-state index is 0.118. The third-order valence-electron chi connectivity index (χ3n) is 1.09. The van der Waals surface area contributed by atoms with Crippen molar-refractivity contribution in [1.82, 2.24) is 0 Å². The van der Waals surface area contributed by atoms with Crippen molar-refractivity contribution in [3.8, 4) is 0 Å². The van der Waals surface area contributed by atoms with E-state index in [9.17, 15) is 0 Å². The Morgan fingerprint density at radius 3 is 2.56 bits per heavy atom. The number of hydrogen-bond acceptors (Lipinski definition) is 3. The SMILES string of the molecule is CC(N)c1cc(N)cs1. The van der Waals surface area contributed by atoms with E-state index in [0.29, 0.717) is 0 Å². The molecule has 1 heterocycles. The Hall–Kier alpha value is -0.540. The highest BCUT2D eigenvalue weighted by molar-refractivity contribution is 7.10. The van der Waals surface area contributed by atoms with Gasteiger partial charge in [0.15, 0.2) is 0 Å². The Morgan fingerprint density at radius 1 is 1.67 bits per heavy atom. The highest BCUT2D eigenvalue weighted by Crippen LogP contribution is 2.20. The number of hydrogen-bond donors (Lipinski definition) is 2. The Labute approximate surface area is 58.5 Å². The van der Waals surface area contributed by atoms with Crippen LogP contribution < -0.4 is 11.5 Å². The molecule has 0 saturated carbocycles. The molecule has 1 rings (SSSR count). The first-order chi connectivity index (χ1) is 4.20. The van der Waals surface area contributed by atoms with Gasteiger partial charge < -0.3 is 11.5 Å². The second-order valence-electron chi connectivity index (χ2n) is 2.07. The molecule has 1 aromatic heterocycles. The van der Waals surface area contributed by atoms with Gasteiger partial charge in [0.2, 0.25) is 0 Å². The van der Waals surface area contributed by atoms with Gasteiger partial charge in [0.25, 0.3) is 0 Å². The first-order valence-corrected chi connectivity index (χ1v) is 3.67. The molecule has 0 aromatic carbocycles. The first-order valence-electron chi connectivity index (χ1n) is 2.79. The zero-order chi connectivity index (χ0) is 6.85. The molecule has 4 N–H and O–H groups in total. The zero-order valence-electron chi connectivity index (χ0n) is 5.29. The van der Waals surface area contributed by atoms with Crippen LogP contribution in [0.15, 0.2) is 11.4 Å². The predicted molar refractivity (Wildman–Crippen MR) is 41.3 cm³/mol. The standard InChI is InChI=1S/C6H10N2S/c1-4(7)6-2-5(8)3-9-6/h2-4H,7-8H2,1H3. The van der Waals surface area contributed by atoms with E-state index in [-0.39, 0.29) is 6.04 Å². The quantitative estimate of drug-likeness (QED) is 0.622. The summed E-state index contributed by atoms with van der Waals surface area (Å²) in [4.78, 5) is 1.15. The summed E-state index contributed by atoms with van der Waals surface area (Å²) in [6, 6.07) is 2.03. The van der Waals surface area contributed by atoms with Crippen LogP contribution in [0.4, 0.5) is 5.69 Å². The van der Waals surface area contributed by atoms with Gasteiger partial charge in [0.05, 0.1) is 0 Å². The van der Waals surface area contributed by atoms with Gasteiger partial charge in [0, 0.05) is 22.0 Å². The normalized spacial score (nSPS) is 13.6. The molecular formula is C6H10N2S. The molecule has 0 spiro atoms. The van der Waals surface area contributed by atoms with Crippen molar-refractivity contribution in [1.29, 1.82) is 0 Å². The van der Waals surface area contributed by atoms with Gasteiger partial charge in [-0.15, -0.1) is 11.3 Å². The summed E-state index contributed by atoms with van der Waals surface area (Å²) in [6.45, 7) is 1.95. The van der Waals surface area contributed by atoms with Gasteiger partial charge >= 0.3 is 0 Å². The van der Waals surface area contributed by atoms with Crippen molar-refractivity contribution in [3.05, 3.63) is 16.3 Å². The van der Waals surface area contributed by atoms with Crippen molar-refractivity contribution >= 4 is 17.0 Å². The van der Waals surface area contributed by atoms with Crippen LogP contribution >= 0.6 is 11.3 Å². The molecule has 0 amide bonds. The predicted octanol–water partition coefficient (Wildman–Crippen LogP) is 1.35. The second-order valence-corrected chi connectivity index (χ2v) is 3.01. The van der Waals surface area contributed by atoms with Crippen molar-refractivity contribution < 1.29 is 0 Å². The average Bonchev–Trinajstić information content (AvgIpc) is 2.14. The van der Waals surface area contributed by atoms with Gasteiger partial charge in [0.1, 0.15) is 0 Å². The lowest BCUT2D eigenvalue weighted by Crippen LogP contribution is -2.01. The topological polar surface area (TPSA) is 52.0 Å². The van der Waals surface area contributed by atoms with Crippen LogP contribution in [-0.4, -0.2) is 0 Å². The summed E-state index contributed by atoms with van der Waals surface area (Å²) < 4.78 is 0. The Balaban J connectivity index is 2.85. The van der Waals surface area contributed by atoms with Crippen LogP contribution in [0, 0.1) is 0 Å². The highest BCUT2D eigenvalue weighted by Gasteiger charge is 1.99. The fourth-order valence-electron chi connectivity index (χ4n) is 0.607. The van der Waals surface area contributed by atoms with Gasteiger partial charge in [-0.25, -0.2) is 0 Å². The van der Waals surface area contributed by atoms with Gasteiger partial charge in [-0.1, -0.05) is 0 Å². The van der Waals surface area contributed by atoms with Crippen LogP contribution in [0.1, 0.15) is 17.8 Å². The van der Waals surface area contributed by atoms with E-state index in [2.05, 4.69) is 0 Å². The molecular weight excluding hydrogens is 132 g/mol. The van der Waals surface area contributed by atoms with E-state index in [1.165, 1.54) is 0 Å². The summed E-state index contributed by atoms with van der Waals surface area (Å²) in [6.07, 6.45) is 0. The molecule has 0 fully saturated rings. The number of nitrogen functional groups attached to an aromatic ring is 1. The Kier molecular flexibility index (Phi) is 1.73. The number of thiophene rings is 1. The van der Waals surface area contributed by atoms with E-state index in [1.807, 2.05) is 18.4 Å². The van der Waals surface area contributed by atoms with Crippen molar-refractivity contribution in [2.24, 2.45) is 5.73 Å². The lowest BCUT2D eigenvalue weighted by Gasteiger charge is -1.96. The summed E-state index contributed by atoms with van der Waals surface area (Å²) in [5.41, 5.74) is 11.9. The molecule has 0 aliphatic carbocycles. The van der Waals surface area contributed by atoms with Crippen LogP contribution in [0.2, 0.25) is 0 Å². The maximum absolute atomic E-state index is 5.58. The van der Waals surface area contributed by atoms with E-state index >= 15 is 0 Å². The molecule has 0 bridgehead atoms. The van der Waals surface area contributed by atoms with Gasteiger partial charge in [-0.3, -0.25) is 0 Å². The Morgan fingerprint density at radius 2 is 2.33 bits per heavy atom. The molecule has 0 radical (unpaired) electrons. The van der Waals surface area contributed by atoms with Crippen molar-refractivity contribution in [2.45, 2.75) is 13.0 Å².